The third kappa shape index (κ3) is 4.43. The van der Waals surface area contributed by atoms with Crippen molar-refractivity contribution in [1.82, 2.24) is 20.0 Å². The van der Waals surface area contributed by atoms with Crippen LogP contribution in [0, 0.1) is 17.5 Å². The number of pyridine rings is 1. The minimum Gasteiger partial charge on any atom is -0.394 e. The van der Waals surface area contributed by atoms with Crippen LogP contribution in [0.25, 0.3) is 11.3 Å². The predicted molar refractivity (Wildman–Crippen MR) is 113 cm³/mol. The highest BCUT2D eigenvalue weighted by Gasteiger charge is 2.58. The zero-order chi connectivity index (χ0) is 24.6. The SMILES string of the molecule is OC[C@H]1O[C@@]2(CCCO2)[C@H](OCc2ccccn2)[C@@H](n2cc(-c3cc(F)c(F)c(F)c3)nn2)[C@H]1O. The summed E-state index contributed by atoms with van der Waals surface area (Å²) in [6, 6.07) is 6.02. The Morgan fingerprint density at radius 3 is 2.66 bits per heavy atom. The van der Waals surface area contributed by atoms with Crippen molar-refractivity contribution in [2.24, 2.45) is 0 Å². The summed E-state index contributed by atoms with van der Waals surface area (Å²) in [5.74, 6) is -5.59. The molecule has 35 heavy (non-hydrogen) atoms. The molecule has 0 saturated carbocycles. The van der Waals surface area contributed by atoms with Gasteiger partial charge in [0.25, 0.3) is 0 Å². The van der Waals surface area contributed by atoms with Crippen LogP contribution in [0.3, 0.4) is 0 Å². The molecular weight excluding hydrogens is 469 g/mol. The highest BCUT2D eigenvalue weighted by Crippen LogP contribution is 2.45. The highest BCUT2D eigenvalue weighted by molar-refractivity contribution is 5.57. The van der Waals surface area contributed by atoms with Crippen LogP contribution in [-0.4, -0.2) is 67.5 Å². The van der Waals surface area contributed by atoms with Gasteiger partial charge in [0.1, 0.15) is 30.0 Å². The summed E-state index contributed by atoms with van der Waals surface area (Å²) in [6.45, 7) is -0.0320. The molecule has 9 nitrogen and oxygen atoms in total. The second kappa shape index (κ2) is 9.63. The van der Waals surface area contributed by atoms with Gasteiger partial charge < -0.3 is 24.4 Å². The van der Waals surface area contributed by atoms with Gasteiger partial charge in [-0.1, -0.05) is 11.3 Å². The van der Waals surface area contributed by atoms with Gasteiger partial charge in [-0.2, -0.15) is 0 Å². The first-order valence-corrected chi connectivity index (χ1v) is 11.1. The van der Waals surface area contributed by atoms with Gasteiger partial charge in [-0.25, -0.2) is 17.9 Å². The van der Waals surface area contributed by atoms with Crippen LogP contribution in [0.5, 0.6) is 0 Å². The summed E-state index contributed by atoms with van der Waals surface area (Å²) in [5.41, 5.74) is 0.646. The van der Waals surface area contributed by atoms with Crippen molar-refractivity contribution >= 4 is 0 Å². The van der Waals surface area contributed by atoms with Gasteiger partial charge >= 0.3 is 0 Å². The first-order chi connectivity index (χ1) is 16.9. The maximum Gasteiger partial charge on any atom is 0.197 e. The number of benzene rings is 1. The summed E-state index contributed by atoms with van der Waals surface area (Å²) in [6.07, 6.45) is 0.884. The fourth-order valence-corrected chi connectivity index (χ4v) is 4.59. The molecule has 2 aliphatic heterocycles. The van der Waals surface area contributed by atoms with Crippen molar-refractivity contribution in [3.63, 3.8) is 0 Å². The van der Waals surface area contributed by atoms with E-state index in [9.17, 15) is 23.4 Å². The lowest BCUT2D eigenvalue weighted by Gasteiger charge is -2.49. The van der Waals surface area contributed by atoms with E-state index in [-0.39, 0.29) is 17.9 Å². The fraction of sp³-hybridized carbons (Fsp3) is 0.435. The second-order valence-corrected chi connectivity index (χ2v) is 8.47. The Labute approximate surface area is 198 Å². The number of nitrogens with zero attached hydrogens (tertiary/aromatic N) is 4. The molecule has 0 amide bonds. The second-order valence-electron chi connectivity index (χ2n) is 8.47. The molecule has 2 saturated heterocycles. The fourth-order valence-electron chi connectivity index (χ4n) is 4.59. The van der Waals surface area contributed by atoms with Crippen LogP contribution in [0.2, 0.25) is 0 Å². The molecule has 0 unspecified atom stereocenters. The molecule has 2 aromatic heterocycles. The van der Waals surface area contributed by atoms with Crippen LogP contribution in [0.15, 0.2) is 42.7 Å². The molecule has 3 aromatic rings. The summed E-state index contributed by atoms with van der Waals surface area (Å²) < 4.78 is 60.4. The van der Waals surface area contributed by atoms with Gasteiger partial charge in [0, 0.05) is 18.2 Å². The number of hydrogen-bond acceptors (Lipinski definition) is 8. The zero-order valence-electron chi connectivity index (χ0n) is 18.4. The largest absolute Gasteiger partial charge is 0.394 e. The lowest BCUT2D eigenvalue weighted by Crippen LogP contribution is -2.63. The van der Waals surface area contributed by atoms with Crippen molar-refractivity contribution < 1.29 is 37.6 Å². The van der Waals surface area contributed by atoms with Crippen molar-refractivity contribution in [3.8, 4) is 11.3 Å². The third-order valence-electron chi connectivity index (χ3n) is 6.25. The Balaban J connectivity index is 1.52. The Morgan fingerprint density at radius 1 is 1.20 bits per heavy atom. The molecule has 0 aliphatic carbocycles. The molecule has 12 heteroatoms. The van der Waals surface area contributed by atoms with Gasteiger partial charge in [-0.05, 0) is 30.7 Å². The molecule has 0 radical (unpaired) electrons. The zero-order valence-corrected chi connectivity index (χ0v) is 18.4. The number of ether oxygens (including phenoxy) is 3. The molecule has 1 aromatic carbocycles. The van der Waals surface area contributed by atoms with E-state index in [2.05, 4.69) is 15.3 Å². The summed E-state index contributed by atoms with van der Waals surface area (Å²) in [4.78, 5) is 4.25. The average Bonchev–Trinajstić information content (AvgIpc) is 3.54. The summed E-state index contributed by atoms with van der Waals surface area (Å²) >= 11 is 0. The van der Waals surface area contributed by atoms with Crippen molar-refractivity contribution in [2.75, 3.05) is 13.2 Å². The van der Waals surface area contributed by atoms with Crippen LogP contribution in [0.1, 0.15) is 24.6 Å². The number of rotatable bonds is 6. The number of aromatic nitrogens is 4. The van der Waals surface area contributed by atoms with E-state index in [0.29, 0.717) is 25.1 Å². The van der Waals surface area contributed by atoms with Crippen LogP contribution in [-0.2, 0) is 20.8 Å². The maximum atomic E-state index is 13.8. The minimum atomic E-state index is -1.59. The Kier molecular flexibility index (Phi) is 6.55. The van der Waals surface area contributed by atoms with Crippen molar-refractivity contribution in [2.45, 2.75) is 49.6 Å². The molecule has 1 spiro atoms. The van der Waals surface area contributed by atoms with E-state index in [4.69, 9.17) is 14.2 Å². The van der Waals surface area contributed by atoms with Crippen LogP contribution >= 0.6 is 0 Å². The van der Waals surface area contributed by atoms with E-state index in [1.54, 1.807) is 18.3 Å². The number of aliphatic hydroxyl groups is 2. The van der Waals surface area contributed by atoms with E-state index in [1.165, 1.54) is 10.9 Å². The molecule has 0 bridgehead atoms. The van der Waals surface area contributed by atoms with Crippen LogP contribution < -0.4 is 0 Å². The maximum absolute atomic E-state index is 13.8. The molecule has 5 rings (SSSR count). The normalized spacial score (nSPS) is 28.6. The van der Waals surface area contributed by atoms with Crippen molar-refractivity contribution in [1.29, 1.82) is 0 Å². The molecule has 2 N–H and O–H groups in total. The Bertz CT molecular complexity index is 1150. The minimum absolute atomic E-state index is 0.0364. The van der Waals surface area contributed by atoms with Crippen LogP contribution in [0.4, 0.5) is 13.2 Å². The first-order valence-electron chi connectivity index (χ1n) is 11.1. The molecule has 186 valence electrons. The quantitative estimate of drug-likeness (QED) is 0.504. The van der Waals surface area contributed by atoms with E-state index in [0.717, 1.165) is 12.1 Å². The monoisotopic (exact) mass is 492 g/mol. The highest BCUT2D eigenvalue weighted by atomic mass is 19.2. The third-order valence-corrected chi connectivity index (χ3v) is 6.25. The molecule has 2 fully saturated rings. The number of hydrogen-bond donors (Lipinski definition) is 2. The Morgan fingerprint density at radius 2 is 2.00 bits per heavy atom. The van der Waals surface area contributed by atoms with Gasteiger partial charge in [-0.15, -0.1) is 5.10 Å². The number of halogens is 3. The van der Waals surface area contributed by atoms with Gasteiger partial charge in [0.2, 0.25) is 0 Å². The van der Waals surface area contributed by atoms with E-state index >= 15 is 0 Å². The standard InChI is InChI=1S/C23H23F3N4O5/c24-15-8-13(9-16(25)19(15)26)17-10-30(29-28-17)20-21(32)18(11-31)35-23(5-3-7-34-23)22(20)33-12-14-4-1-2-6-27-14/h1-2,4,6,8-10,18,20-22,31-32H,3,5,7,11-12H2/t18-,20+,21+,22-,23+/m1/s1. The summed E-state index contributed by atoms with van der Waals surface area (Å²) in [7, 11) is 0. The number of aliphatic hydroxyl groups excluding tert-OH is 2. The lowest BCUT2D eigenvalue weighted by molar-refractivity contribution is -0.348. The molecule has 5 atom stereocenters. The lowest BCUT2D eigenvalue weighted by atomic mass is 9.88. The predicted octanol–water partition coefficient (Wildman–Crippen LogP) is 2.14. The molecular formula is C23H23F3N4O5. The molecule has 4 heterocycles. The van der Waals surface area contributed by atoms with E-state index in [1.807, 2.05) is 6.07 Å². The Hall–Kier alpha value is -2.90. The van der Waals surface area contributed by atoms with Crippen molar-refractivity contribution in [3.05, 3.63) is 65.9 Å². The average molecular weight is 492 g/mol. The van der Waals surface area contributed by atoms with E-state index < -0.39 is 54.2 Å². The van der Waals surface area contributed by atoms with Gasteiger partial charge in [0.15, 0.2) is 23.2 Å². The summed E-state index contributed by atoms with van der Waals surface area (Å²) in [5, 5.41) is 29.0. The van der Waals surface area contributed by atoms with Gasteiger partial charge in [-0.3, -0.25) is 4.98 Å². The smallest absolute Gasteiger partial charge is 0.197 e. The molecule has 2 aliphatic rings. The topological polar surface area (TPSA) is 112 Å². The first kappa shape index (κ1) is 23.8. The van der Waals surface area contributed by atoms with Gasteiger partial charge in [0.05, 0.1) is 31.7 Å².